The first kappa shape index (κ1) is 24.7. The van der Waals surface area contributed by atoms with Gasteiger partial charge in [0.1, 0.15) is 0 Å². The van der Waals surface area contributed by atoms with Crippen LogP contribution >= 0.6 is 58.2 Å². The van der Waals surface area contributed by atoms with Crippen LogP contribution in [-0.4, -0.2) is 32.3 Å². The molecule has 1 heterocycles. The molecule has 1 atom stereocenters. The van der Waals surface area contributed by atoms with Crippen LogP contribution in [0.4, 0.5) is 5.69 Å². The van der Waals surface area contributed by atoms with Gasteiger partial charge in [-0.2, -0.15) is 0 Å². The van der Waals surface area contributed by atoms with Gasteiger partial charge in [0.25, 0.3) is 5.91 Å². The number of nitrogens with one attached hydrogen (secondary N) is 2. The molecule has 3 rings (SSSR count). The Hall–Kier alpha value is -1.97. The van der Waals surface area contributed by atoms with Crippen molar-refractivity contribution in [2.45, 2.75) is 18.1 Å². The van der Waals surface area contributed by atoms with Crippen molar-refractivity contribution in [1.29, 1.82) is 0 Å². The van der Waals surface area contributed by atoms with Gasteiger partial charge in [-0.05, 0) is 31.2 Å². The Labute approximate surface area is 208 Å². The molecule has 0 saturated carbocycles. The van der Waals surface area contributed by atoms with E-state index in [2.05, 4.69) is 20.8 Å². The van der Waals surface area contributed by atoms with E-state index in [9.17, 15) is 9.59 Å². The number of halogens is 4. The third-order valence-corrected chi connectivity index (χ3v) is 6.72. The fourth-order valence-electron chi connectivity index (χ4n) is 2.75. The molecular weight excluding hydrogens is 516 g/mol. The van der Waals surface area contributed by atoms with Crippen molar-refractivity contribution in [2.75, 3.05) is 11.1 Å². The summed E-state index contributed by atoms with van der Waals surface area (Å²) in [6, 6.07) is 9.28. The van der Waals surface area contributed by atoms with Crippen LogP contribution in [-0.2, 0) is 11.8 Å². The summed E-state index contributed by atoms with van der Waals surface area (Å²) in [6.07, 6.45) is 0. The Bertz CT molecular complexity index is 1170. The lowest BCUT2D eigenvalue weighted by atomic mass is 10.2. The number of carbonyl (C=O) groups excluding carboxylic acids is 2. The number of rotatable bonds is 7. The van der Waals surface area contributed by atoms with Gasteiger partial charge in [0, 0.05) is 7.05 Å². The molecular formula is C20H17Cl4N5O2S. The molecule has 0 aliphatic carbocycles. The van der Waals surface area contributed by atoms with E-state index in [0.717, 1.165) is 0 Å². The number of carbonyl (C=O) groups is 2. The van der Waals surface area contributed by atoms with Crippen LogP contribution in [0.25, 0.3) is 0 Å². The number of hydrogen-bond donors (Lipinski definition) is 2. The van der Waals surface area contributed by atoms with Crippen molar-refractivity contribution in [3.8, 4) is 0 Å². The molecule has 2 amide bonds. The lowest BCUT2D eigenvalue weighted by Gasteiger charge is -2.14. The van der Waals surface area contributed by atoms with Crippen molar-refractivity contribution in [3.63, 3.8) is 0 Å². The Morgan fingerprint density at radius 3 is 2.44 bits per heavy atom. The molecule has 0 bridgehead atoms. The second kappa shape index (κ2) is 10.8. The molecule has 0 unspecified atom stereocenters. The molecule has 2 N–H and O–H groups in total. The standard InChI is InChI=1S/C20H17Cl4N5O2S/c1-10(25-19(31)11-5-3-4-6-12(11)21)18-27-28-20(29(18)2)32-9-17(30)26-16-8-14(23)13(22)7-15(16)24/h3-8,10H,9H2,1-2H3,(H,25,31)(H,26,30)/t10-/m1/s1. The summed E-state index contributed by atoms with van der Waals surface area (Å²) in [5, 5.41) is 15.5. The van der Waals surface area contributed by atoms with E-state index < -0.39 is 6.04 Å². The van der Waals surface area contributed by atoms with Crippen molar-refractivity contribution >= 4 is 75.7 Å². The highest BCUT2D eigenvalue weighted by Crippen LogP contribution is 2.32. The van der Waals surface area contributed by atoms with Crippen LogP contribution in [0.3, 0.4) is 0 Å². The van der Waals surface area contributed by atoms with E-state index in [1.807, 2.05) is 0 Å². The van der Waals surface area contributed by atoms with Crippen molar-refractivity contribution < 1.29 is 9.59 Å². The Morgan fingerprint density at radius 1 is 1.03 bits per heavy atom. The van der Waals surface area contributed by atoms with Crippen molar-refractivity contribution in [1.82, 2.24) is 20.1 Å². The normalized spacial score (nSPS) is 11.8. The highest BCUT2D eigenvalue weighted by atomic mass is 35.5. The molecule has 0 radical (unpaired) electrons. The average molecular weight is 533 g/mol. The van der Waals surface area contributed by atoms with Gasteiger partial charge in [-0.1, -0.05) is 70.3 Å². The zero-order valence-electron chi connectivity index (χ0n) is 16.8. The molecule has 2 aromatic carbocycles. The second-order valence-electron chi connectivity index (χ2n) is 6.66. The van der Waals surface area contributed by atoms with Crippen LogP contribution < -0.4 is 10.6 Å². The SMILES string of the molecule is C[C@@H](NC(=O)c1ccccc1Cl)c1nnc(SCC(=O)Nc2cc(Cl)c(Cl)cc2Cl)n1C. The molecule has 32 heavy (non-hydrogen) atoms. The minimum absolute atomic E-state index is 0.0584. The highest BCUT2D eigenvalue weighted by molar-refractivity contribution is 7.99. The topological polar surface area (TPSA) is 88.9 Å². The van der Waals surface area contributed by atoms with Crippen LogP contribution in [0, 0.1) is 0 Å². The van der Waals surface area contributed by atoms with Gasteiger partial charge in [0.2, 0.25) is 5.91 Å². The van der Waals surface area contributed by atoms with Gasteiger partial charge in [-0.25, -0.2) is 0 Å². The monoisotopic (exact) mass is 531 g/mol. The molecule has 1 aromatic heterocycles. The van der Waals surface area contributed by atoms with E-state index in [0.29, 0.717) is 32.3 Å². The van der Waals surface area contributed by atoms with Crippen LogP contribution in [0.5, 0.6) is 0 Å². The van der Waals surface area contributed by atoms with E-state index in [1.165, 1.54) is 23.9 Å². The molecule has 12 heteroatoms. The zero-order chi connectivity index (χ0) is 23.4. The molecule has 168 valence electrons. The number of hydrogen-bond acceptors (Lipinski definition) is 5. The fourth-order valence-corrected chi connectivity index (χ4v) is 4.28. The molecule has 0 aliphatic heterocycles. The van der Waals surface area contributed by atoms with Gasteiger partial charge in [-0.3, -0.25) is 9.59 Å². The quantitative estimate of drug-likeness (QED) is 0.303. The molecule has 0 saturated heterocycles. The van der Waals surface area contributed by atoms with Gasteiger partial charge >= 0.3 is 0 Å². The first-order valence-corrected chi connectivity index (χ1v) is 11.7. The number of benzene rings is 2. The number of nitrogens with zero attached hydrogens (tertiary/aromatic N) is 3. The molecule has 3 aromatic rings. The summed E-state index contributed by atoms with van der Waals surface area (Å²) in [7, 11) is 1.75. The minimum Gasteiger partial charge on any atom is -0.342 e. The predicted molar refractivity (Wildman–Crippen MR) is 129 cm³/mol. The molecule has 0 fully saturated rings. The van der Waals surface area contributed by atoms with Gasteiger partial charge < -0.3 is 15.2 Å². The zero-order valence-corrected chi connectivity index (χ0v) is 20.7. The number of thioether (sulfide) groups is 1. The molecule has 0 aliphatic rings. The van der Waals surface area contributed by atoms with Gasteiger partial charge in [0.15, 0.2) is 11.0 Å². The summed E-state index contributed by atoms with van der Waals surface area (Å²) in [5.41, 5.74) is 0.733. The summed E-state index contributed by atoms with van der Waals surface area (Å²) in [4.78, 5) is 24.8. The highest BCUT2D eigenvalue weighted by Gasteiger charge is 2.20. The van der Waals surface area contributed by atoms with Crippen LogP contribution in [0.15, 0.2) is 41.6 Å². The third kappa shape index (κ3) is 5.88. The number of amides is 2. The van der Waals surface area contributed by atoms with Crippen LogP contribution in [0.1, 0.15) is 29.1 Å². The Balaban J connectivity index is 1.61. The van der Waals surface area contributed by atoms with E-state index in [1.54, 1.807) is 42.8 Å². The average Bonchev–Trinajstić information content (AvgIpc) is 3.11. The minimum atomic E-state index is -0.436. The molecule has 0 spiro atoms. The maximum atomic E-state index is 12.5. The number of aromatic nitrogens is 3. The van der Waals surface area contributed by atoms with Crippen LogP contribution in [0.2, 0.25) is 20.1 Å². The number of anilines is 1. The van der Waals surface area contributed by atoms with Crippen molar-refractivity contribution in [3.05, 3.63) is 67.9 Å². The van der Waals surface area contributed by atoms with E-state index >= 15 is 0 Å². The second-order valence-corrected chi connectivity index (χ2v) is 9.23. The summed E-state index contributed by atoms with van der Waals surface area (Å²) >= 11 is 25.2. The van der Waals surface area contributed by atoms with Crippen molar-refractivity contribution in [2.24, 2.45) is 7.05 Å². The smallest absolute Gasteiger partial charge is 0.253 e. The summed E-state index contributed by atoms with van der Waals surface area (Å²) < 4.78 is 1.71. The fraction of sp³-hybridized carbons (Fsp3) is 0.200. The summed E-state index contributed by atoms with van der Waals surface area (Å²) in [6.45, 7) is 1.78. The predicted octanol–water partition coefficient (Wildman–Crippen LogP) is 5.65. The maximum absolute atomic E-state index is 12.5. The van der Waals surface area contributed by atoms with Gasteiger partial charge in [-0.15, -0.1) is 10.2 Å². The van der Waals surface area contributed by atoms with E-state index in [-0.39, 0.29) is 27.6 Å². The maximum Gasteiger partial charge on any atom is 0.253 e. The Morgan fingerprint density at radius 2 is 1.72 bits per heavy atom. The lowest BCUT2D eigenvalue weighted by molar-refractivity contribution is -0.113. The Kier molecular flexibility index (Phi) is 8.30. The first-order chi connectivity index (χ1) is 15.2. The first-order valence-electron chi connectivity index (χ1n) is 9.19. The largest absolute Gasteiger partial charge is 0.342 e. The van der Waals surface area contributed by atoms with Gasteiger partial charge in [0.05, 0.1) is 43.1 Å². The lowest BCUT2D eigenvalue weighted by Crippen LogP contribution is -2.28. The third-order valence-electron chi connectivity index (χ3n) is 4.34. The summed E-state index contributed by atoms with van der Waals surface area (Å²) in [5.74, 6) is -0.0398. The molecule has 7 nitrogen and oxygen atoms in total. The van der Waals surface area contributed by atoms with E-state index in [4.69, 9.17) is 46.4 Å².